The molecule has 4 heteroatoms. The van der Waals surface area contributed by atoms with Crippen molar-refractivity contribution in [3.05, 3.63) is 0 Å². The Balaban J connectivity index is 1.87. The number of likely N-dealkylation sites (tertiary alicyclic amines) is 1. The van der Waals surface area contributed by atoms with Crippen molar-refractivity contribution in [2.45, 2.75) is 19.8 Å². The van der Waals surface area contributed by atoms with Crippen molar-refractivity contribution in [2.75, 3.05) is 33.0 Å². The van der Waals surface area contributed by atoms with Gasteiger partial charge in [0.05, 0.1) is 6.61 Å². The maximum atomic E-state index is 11.9. The molecule has 4 nitrogen and oxygen atoms in total. The second-order valence-electron chi connectivity index (χ2n) is 4.28. The molecule has 0 radical (unpaired) electrons. The molecular formula is C10H18N2O2. The molecule has 0 aromatic carbocycles. The summed E-state index contributed by atoms with van der Waals surface area (Å²) >= 11 is 0. The van der Waals surface area contributed by atoms with Crippen molar-refractivity contribution in [3.63, 3.8) is 0 Å². The molecule has 0 aromatic rings. The summed E-state index contributed by atoms with van der Waals surface area (Å²) in [6, 6.07) is 0.161. The predicted octanol–water partition coefficient (Wildman–Crippen LogP) is 1.13. The van der Waals surface area contributed by atoms with Crippen LogP contribution in [0.2, 0.25) is 0 Å². The highest BCUT2D eigenvalue weighted by atomic mass is 16.5. The van der Waals surface area contributed by atoms with Gasteiger partial charge in [-0.2, -0.15) is 0 Å². The third-order valence-corrected chi connectivity index (χ3v) is 2.93. The third kappa shape index (κ3) is 2.00. The number of hydrogen-bond acceptors (Lipinski definition) is 2. The Morgan fingerprint density at radius 3 is 2.79 bits per heavy atom. The van der Waals surface area contributed by atoms with Gasteiger partial charge in [-0.1, -0.05) is 6.92 Å². The van der Waals surface area contributed by atoms with E-state index in [-0.39, 0.29) is 6.03 Å². The molecule has 0 N–H and O–H groups in total. The third-order valence-electron chi connectivity index (χ3n) is 2.93. The van der Waals surface area contributed by atoms with Crippen LogP contribution in [-0.2, 0) is 4.74 Å². The van der Waals surface area contributed by atoms with Gasteiger partial charge in [0.1, 0.15) is 6.73 Å². The molecule has 2 rings (SSSR count). The van der Waals surface area contributed by atoms with Gasteiger partial charge in [-0.3, -0.25) is 0 Å². The van der Waals surface area contributed by atoms with Crippen LogP contribution < -0.4 is 0 Å². The van der Waals surface area contributed by atoms with Gasteiger partial charge in [0.15, 0.2) is 0 Å². The van der Waals surface area contributed by atoms with Crippen LogP contribution in [0.3, 0.4) is 0 Å². The second kappa shape index (κ2) is 4.17. The molecule has 0 spiro atoms. The van der Waals surface area contributed by atoms with Crippen LogP contribution in [0.5, 0.6) is 0 Å². The fourth-order valence-corrected chi connectivity index (χ4v) is 2.06. The van der Waals surface area contributed by atoms with Gasteiger partial charge < -0.3 is 14.5 Å². The Bertz CT molecular complexity index is 207. The summed E-state index contributed by atoms with van der Waals surface area (Å²) in [5, 5.41) is 0. The summed E-state index contributed by atoms with van der Waals surface area (Å²) in [6.45, 7) is 6.14. The Hall–Kier alpha value is -0.770. The topological polar surface area (TPSA) is 32.8 Å². The van der Waals surface area contributed by atoms with Gasteiger partial charge in [-0.25, -0.2) is 4.79 Å². The lowest BCUT2D eigenvalue weighted by Crippen LogP contribution is -2.45. The normalized spacial score (nSPS) is 28.2. The molecule has 1 atom stereocenters. The number of carbonyl (C=O) groups excluding carboxylic acids is 1. The summed E-state index contributed by atoms with van der Waals surface area (Å²) in [6.07, 6.45) is 2.11. The van der Waals surface area contributed by atoms with Gasteiger partial charge in [0.2, 0.25) is 0 Å². The van der Waals surface area contributed by atoms with E-state index < -0.39 is 0 Å². The van der Waals surface area contributed by atoms with Crippen LogP contribution in [0, 0.1) is 5.92 Å². The Kier molecular flexibility index (Phi) is 2.91. The summed E-state index contributed by atoms with van der Waals surface area (Å²) in [5.74, 6) is 0.657. The van der Waals surface area contributed by atoms with E-state index in [9.17, 15) is 4.79 Å². The van der Waals surface area contributed by atoms with Gasteiger partial charge in [0, 0.05) is 19.6 Å². The molecule has 0 saturated carbocycles. The van der Waals surface area contributed by atoms with E-state index in [1.54, 1.807) is 0 Å². The lowest BCUT2D eigenvalue weighted by molar-refractivity contribution is 0.00109. The number of carbonyl (C=O) groups is 1. The largest absolute Gasteiger partial charge is 0.361 e. The van der Waals surface area contributed by atoms with Gasteiger partial charge in [0.25, 0.3) is 0 Å². The Morgan fingerprint density at radius 1 is 1.36 bits per heavy atom. The van der Waals surface area contributed by atoms with Crippen molar-refractivity contribution in [1.82, 2.24) is 9.80 Å². The van der Waals surface area contributed by atoms with Crippen LogP contribution in [0.15, 0.2) is 0 Å². The standard InChI is InChI=1S/C10H18N2O2/c1-9-3-5-11(7-9)10(13)12-4-2-6-14-8-12/h9H,2-8H2,1H3. The number of rotatable bonds is 0. The van der Waals surface area contributed by atoms with E-state index >= 15 is 0 Å². The number of nitrogens with zero attached hydrogens (tertiary/aromatic N) is 2. The molecule has 14 heavy (non-hydrogen) atoms. The maximum Gasteiger partial charge on any atom is 0.321 e. The predicted molar refractivity (Wildman–Crippen MR) is 52.9 cm³/mol. The SMILES string of the molecule is CC1CCN(C(=O)N2CCCOC2)C1. The van der Waals surface area contributed by atoms with E-state index in [0.29, 0.717) is 12.6 Å². The highest BCUT2D eigenvalue weighted by Crippen LogP contribution is 2.17. The highest BCUT2D eigenvalue weighted by molar-refractivity contribution is 5.74. The van der Waals surface area contributed by atoms with E-state index in [1.165, 1.54) is 0 Å². The van der Waals surface area contributed by atoms with Crippen LogP contribution in [0.25, 0.3) is 0 Å². The van der Waals surface area contributed by atoms with Gasteiger partial charge >= 0.3 is 6.03 Å². The van der Waals surface area contributed by atoms with Crippen molar-refractivity contribution >= 4 is 6.03 Å². The first-order valence-corrected chi connectivity index (χ1v) is 5.39. The fraction of sp³-hybridized carbons (Fsp3) is 0.900. The van der Waals surface area contributed by atoms with E-state index in [2.05, 4.69) is 6.92 Å². The van der Waals surface area contributed by atoms with Crippen LogP contribution >= 0.6 is 0 Å². The highest BCUT2D eigenvalue weighted by Gasteiger charge is 2.27. The first-order chi connectivity index (χ1) is 6.77. The monoisotopic (exact) mass is 198 g/mol. The summed E-state index contributed by atoms with van der Waals surface area (Å²) in [4.78, 5) is 15.7. The van der Waals surface area contributed by atoms with E-state index in [4.69, 9.17) is 4.74 Å². The first-order valence-electron chi connectivity index (χ1n) is 5.39. The van der Waals surface area contributed by atoms with E-state index in [1.807, 2.05) is 9.80 Å². The minimum Gasteiger partial charge on any atom is -0.361 e. The number of hydrogen-bond donors (Lipinski definition) is 0. The number of amides is 2. The molecule has 0 bridgehead atoms. The molecule has 2 heterocycles. The van der Waals surface area contributed by atoms with Crippen molar-refractivity contribution in [1.29, 1.82) is 0 Å². The molecule has 2 aliphatic rings. The lowest BCUT2D eigenvalue weighted by atomic mass is 10.2. The summed E-state index contributed by atoms with van der Waals surface area (Å²) < 4.78 is 5.27. The smallest absolute Gasteiger partial charge is 0.321 e. The first kappa shape index (κ1) is 9.77. The molecular weight excluding hydrogens is 180 g/mol. The van der Waals surface area contributed by atoms with Gasteiger partial charge in [-0.15, -0.1) is 0 Å². The van der Waals surface area contributed by atoms with Crippen LogP contribution in [0.4, 0.5) is 4.79 Å². The number of ether oxygens (including phenoxy) is 1. The quantitative estimate of drug-likeness (QED) is 0.584. The zero-order valence-electron chi connectivity index (χ0n) is 8.74. The molecule has 0 aliphatic carbocycles. The number of urea groups is 1. The van der Waals surface area contributed by atoms with Crippen LogP contribution in [0.1, 0.15) is 19.8 Å². The Morgan fingerprint density at radius 2 is 2.21 bits per heavy atom. The Labute approximate surface area is 84.8 Å². The molecule has 2 saturated heterocycles. The minimum atomic E-state index is 0.161. The zero-order chi connectivity index (χ0) is 9.97. The maximum absolute atomic E-state index is 11.9. The fourth-order valence-electron chi connectivity index (χ4n) is 2.06. The van der Waals surface area contributed by atoms with Crippen molar-refractivity contribution < 1.29 is 9.53 Å². The second-order valence-corrected chi connectivity index (χ2v) is 4.28. The molecule has 1 unspecified atom stereocenters. The molecule has 2 fully saturated rings. The molecule has 2 aliphatic heterocycles. The van der Waals surface area contributed by atoms with Crippen molar-refractivity contribution in [3.8, 4) is 0 Å². The minimum absolute atomic E-state index is 0.161. The molecule has 80 valence electrons. The lowest BCUT2D eigenvalue weighted by Gasteiger charge is -2.30. The molecule has 2 amide bonds. The van der Waals surface area contributed by atoms with Crippen LogP contribution in [-0.4, -0.2) is 48.8 Å². The summed E-state index contributed by atoms with van der Waals surface area (Å²) in [7, 11) is 0. The molecule has 0 aromatic heterocycles. The summed E-state index contributed by atoms with van der Waals surface area (Å²) in [5.41, 5.74) is 0. The van der Waals surface area contributed by atoms with Gasteiger partial charge in [-0.05, 0) is 18.8 Å². The van der Waals surface area contributed by atoms with Crippen molar-refractivity contribution in [2.24, 2.45) is 5.92 Å². The average Bonchev–Trinajstić information content (AvgIpc) is 2.65. The average molecular weight is 198 g/mol. The van der Waals surface area contributed by atoms with E-state index in [0.717, 1.165) is 39.1 Å². The zero-order valence-corrected chi connectivity index (χ0v) is 8.74.